The molecule has 6 saturated heterocycles. The first-order valence-corrected chi connectivity index (χ1v) is 37.2. The van der Waals surface area contributed by atoms with Gasteiger partial charge in [0.05, 0.1) is 49.7 Å². The Morgan fingerprint density at radius 2 is 1.15 bits per heavy atom. The molecule has 0 spiro atoms. The molecule has 5 aliphatic carbocycles. The second-order valence-electron chi connectivity index (χ2n) is 33.1. The quantitative estimate of drug-likeness (QED) is 0.0142. The highest BCUT2D eigenvalue weighted by atomic mass is 16.8. The summed E-state index contributed by atoms with van der Waals surface area (Å²) in [6, 6.07) is 0. The van der Waals surface area contributed by atoms with Gasteiger partial charge in [-0.15, -0.1) is 0 Å². The largest absolute Gasteiger partial charge is 0.464 e. The first-order valence-electron chi connectivity index (χ1n) is 37.2. The van der Waals surface area contributed by atoms with Crippen molar-refractivity contribution in [1.29, 1.82) is 0 Å². The van der Waals surface area contributed by atoms with Crippen LogP contribution >= 0.6 is 0 Å². The van der Waals surface area contributed by atoms with Crippen LogP contribution in [0.1, 0.15) is 147 Å². The van der Waals surface area contributed by atoms with Gasteiger partial charge in [-0.3, -0.25) is 14.4 Å². The van der Waals surface area contributed by atoms with Crippen LogP contribution in [0.5, 0.6) is 0 Å². The zero-order valence-electron chi connectivity index (χ0n) is 61.7. The van der Waals surface area contributed by atoms with Gasteiger partial charge in [0.25, 0.3) is 0 Å². The summed E-state index contributed by atoms with van der Waals surface area (Å²) in [6.07, 6.45) is -44.5. The van der Waals surface area contributed by atoms with Crippen LogP contribution in [-0.2, 0) is 95.0 Å². The molecule has 106 heavy (non-hydrogen) atoms. The summed E-state index contributed by atoms with van der Waals surface area (Å²) in [7, 11) is 0. The van der Waals surface area contributed by atoms with Crippen LogP contribution in [0.15, 0.2) is 11.6 Å². The van der Waals surface area contributed by atoms with Gasteiger partial charge in [-0.1, -0.05) is 66.5 Å². The molecule has 34 nitrogen and oxygen atoms in total. The Morgan fingerprint density at radius 3 is 1.81 bits per heavy atom. The number of esters is 4. The molecule has 10 fully saturated rings. The van der Waals surface area contributed by atoms with E-state index in [1.165, 1.54) is 13.8 Å². The van der Waals surface area contributed by atoms with Crippen molar-refractivity contribution in [3.8, 4) is 0 Å². The molecule has 6 heterocycles. The Balaban J connectivity index is 0.894. The number of aldehydes is 1. The lowest BCUT2D eigenvalue weighted by Gasteiger charge is -2.71. The van der Waals surface area contributed by atoms with Gasteiger partial charge >= 0.3 is 23.9 Å². The molecule has 11 rings (SSSR count). The second-order valence-corrected chi connectivity index (χ2v) is 33.1. The third-order valence-corrected chi connectivity index (χ3v) is 26.1. The number of carbonyl (C=O) groups is 5. The number of allylic oxidation sites excluding steroid dienone is 2. The highest BCUT2D eigenvalue weighted by molar-refractivity contribution is 5.80. The fraction of sp³-hybridized carbons (Fsp3) is 0.903. The maximum atomic E-state index is 16.2. The van der Waals surface area contributed by atoms with E-state index in [0.717, 1.165) is 25.7 Å². The molecule has 6 aliphatic heterocycles. The first-order chi connectivity index (χ1) is 49.8. The molecule has 34 heteroatoms. The molecule has 0 aromatic rings. The maximum Gasteiger partial charge on any atom is 0.338 e. The molecule has 0 radical (unpaired) electrons. The molecule has 0 amide bonds. The van der Waals surface area contributed by atoms with E-state index in [1.54, 1.807) is 6.92 Å². The Kier molecular flexibility index (Phi) is 25.2. The monoisotopic (exact) mass is 1520 g/mol. The molecule has 14 N–H and O–H groups in total. The summed E-state index contributed by atoms with van der Waals surface area (Å²) in [5, 5.41) is 157. The highest BCUT2D eigenvalue weighted by Gasteiger charge is 2.73. The van der Waals surface area contributed by atoms with Gasteiger partial charge in [0, 0.05) is 13.8 Å². The Bertz CT molecular complexity index is 3120. The summed E-state index contributed by atoms with van der Waals surface area (Å²) in [5.74, 6) is -4.93. The van der Waals surface area contributed by atoms with E-state index < -0.39 is 272 Å². The molecule has 0 aromatic carbocycles. The molecular weight excluding hydrogens is 1410 g/mol. The van der Waals surface area contributed by atoms with Gasteiger partial charge in [-0.2, -0.15) is 0 Å². The first kappa shape index (κ1) is 83.2. The number of fused-ring (bicyclic) bond motifs is 7. The fourth-order valence-electron chi connectivity index (χ4n) is 19.8. The Hall–Kier alpha value is -3.71. The summed E-state index contributed by atoms with van der Waals surface area (Å²) in [4.78, 5) is 69.1. The van der Waals surface area contributed by atoms with Gasteiger partial charge in [0.2, 0.25) is 6.29 Å². The minimum absolute atomic E-state index is 0.0276. The van der Waals surface area contributed by atoms with E-state index >= 15 is 4.79 Å². The number of unbranched alkanes of at least 4 members (excludes halogenated alkanes) is 1. The SMILES string of the molecule is CCCCOC(=O)C1OC(OC2CCC3(C)C(CCC4(C)C3CC=C3C5CC(C)(C)CCC5(C(=O)OC5OC(C)C(OC(C)=O)C(OC6OC(COC(C)=O)C(O)C6O)C5OC5OC(C)C(OC6OCC(O)C(O)C6O)C(O)C5O)C(O)CC34C)C2(C)C=O)C(OC2OC(CO)C(O)C(O)C2O)C(O)C1O. The zero-order valence-corrected chi connectivity index (χ0v) is 61.7. The number of aliphatic hydroxyl groups is 14. The molecule has 604 valence electrons. The number of hydrogen-bond acceptors (Lipinski definition) is 34. The van der Waals surface area contributed by atoms with Crippen molar-refractivity contribution in [3.63, 3.8) is 0 Å². The van der Waals surface area contributed by atoms with Crippen LogP contribution in [0.4, 0.5) is 0 Å². The summed E-state index contributed by atoms with van der Waals surface area (Å²) in [6.45, 7) is 17.4. The van der Waals surface area contributed by atoms with E-state index in [-0.39, 0.29) is 31.8 Å². The number of ether oxygens (including phenoxy) is 15. The standard InChI is InChI=1S/C72H112O34/c1-12-13-22-92-59(90)55-46(83)47(84)56(103-63-51(88)45(82)43(80)36(25-73)98-63)64(102-55)100-41-17-18-68(8)38(69(41,9)28-74)16-19-70(10)39(68)15-14-33-34-23-67(6,7)20-21-72(34,40(78)24-71(33,70)11)66(91)106-65-58(105-61-52(89)48(85)53(29(2)95-61)101-60-49(86)42(79)35(77)26-94-60)57(54(30(3)96-65)97-32(5)76)104-62-50(87)44(81)37(99-62)27-93-31(4)75/h14,28-30,34-58,60-65,73,77-89H,12-13,15-27H2,1-11H3. The van der Waals surface area contributed by atoms with Crippen LogP contribution in [0.3, 0.4) is 0 Å². The van der Waals surface area contributed by atoms with Crippen molar-refractivity contribution in [2.24, 2.45) is 50.2 Å². The summed E-state index contributed by atoms with van der Waals surface area (Å²) >= 11 is 0. The maximum absolute atomic E-state index is 16.2. The van der Waals surface area contributed by atoms with Crippen molar-refractivity contribution in [2.75, 3.05) is 26.4 Å². The zero-order chi connectivity index (χ0) is 77.6. The van der Waals surface area contributed by atoms with E-state index in [4.69, 9.17) is 71.1 Å². The van der Waals surface area contributed by atoms with Crippen LogP contribution in [0.2, 0.25) is 0 Å². The summed E-state index contributed by atoms with van der Waals surface area (Å²) in [5.41, 5.74) is -4.77. The third kappa shape index (κ3) is 14.9. The van der Waals surface area contributed by atoms with Crippen molar-refractivity contribution >= 4 is 30.2 Å². The van der Waals surface area contributed by atoms with Crippen LogP contribution in [0.25, 0.3) is 0 Å². The lowest BCUT2D eigenvalue weighted by Crippen LogP contribution is -2.69. The van der Waals surface area contributed by atoms with Gasteiger partial charge in [0.1, 0.15) is 122 Å². The van der Waals surface area contributed by atoms with Crippen LogP contribution in [-0.4, -0.2) is 312 Å². The van der Waals surface area contributed by atoms with E-state index in [9.17, 15) is 90.7 Å². The lowest BCUT2D eigenvalue weighted by atomic mass is 9.33. The lowest BCUT2D eigenvalue weighted by molar-refractivity contribution is -0.382. The Labute approximate surface area is 614 Å². The molecule has 11 aliphatic rings. The van der Waals surface area contributed by atoms with Crippen molar-refractivity contribution in [3.05, 3.63) is 11.6 Å². The fourth-order valence-corrected chi connectivity index (χ4v) is 19.8. The van der Waals surface area contributed by atoms with E-state index in [1.807, 2.05) is 6.92 Å². The normalized spacial score (nSPS) is 50.7. The summed E-state index contributed by atoms with van der Waals surface area (Å²) < 4.78 is 90.7. The number of carbonyl (C=O) groups excluding carboxylic acids is 5. The molecular formula is C72H112O34. The van der Waals surface area contributed by atoms with E-state index in [0.29, 0.717) is 51.4 Å². The number of hydrogen-bond donors (Lipinski definition) is 14. The minimum atomic E-state index is -2.09. The van der Waals surface area contributed by atoms with Crippen molar-refractivity contribution < 1.29 is 167 Å². The second kappa shape index (κ2) is 32.0. The average molecular weight is 1520 g/mol. The van der Waals surface area contributed by atoms with Crippen molar-refractivity contribution in [2.45, 2.75) is 331 Å². The molecule has 0 aromatic heterocycles. The highest BCUT2D eigenvalue weighted by Crippen LogP contribution is 2.76. The molecule has 38 unspecified atom stereocenters. The van der Waals surface area contributed by atoms with E-state index in [2.05, 4.69) is 40.7 Å². The van der Waals surface area contributed by atoms with Gasteiger partial charge < -0.3 is 147 Å². The number of rotatable bonds is 21. The smallest absolute Gasteiger partial charge is 0.338 e. The predicted molar refractivity (Wildman–Crippen MR) is 353 cm³/mol. The average Bonchev–Trinajstić information content (AvgIpc) is 0.891. The third-order valence-electron chi connectivity index (χ3n) is 26.1. The van der Waals surface area contributed by atoms with Gasteiger partial charge in [-0.25, -0.2) is 4.79 Å². The van der Waals surface area contributed by atoms with Crippen LogP contribution < -0.4 is 0 Å². The molecule has 38 atom stereocenters. The number of aliphatic hydroxyl groups excluding tert-OH is 14. The molecule has 4 saturated carbocycles. The van der Waals surface area contributed by atoms with Crippen LogP contribution in [0, 0.1) is 50.2 Å². The van der Waals surface area contributed by atoms with Gasteiger partial charge in [-0.05, 0) is 117 Å². The van der Waals surface area contributed by atoms with Crippen molar-refractivity contribution in [1.82, 2.24) is 0 Å². The minimum Gasteiger partial charge on any atom is -0.464 e. The molecule has 0 bridgehead atoms. The topological polar surface area (TPSA) is 507 Å². The van der Waals surface area contributed by atoms with Gasteiger partial charge in [0.15, 0.2) is 49.8 Å². The predicted octanol–water partition coefficient (Wildman–Crippen LogP) is -2.41. The Morgan fingerprint density at radius 1 is 0.557 bits per heavy atom.